The molecular weight excluding hydrogens is 652 g/mol. The molecule has 2 aliphatic heterocycles. The van der Waals surface area contributed by atoms with E-state index in [9.17, 15) is 35.9 Å². The predicted molar refractivity (Wildman–Crippen MR) is 169 cm³/mol. The van der Waals surface area contributed by atoms with Crippen LogP contribution in [0, 0.1) is 0 Å². The Balaban J connectivity index is 1.40. The number of piperazine rings is 1. The second-order valence-electron chi connectivity index (χ2n) is 13.3. The number of nitrogens with zero attached hydrogens (tertiary/aromatic N) is 5. The van der Waals surface area contributed by atoms with Crippen LogP contribution in [0.4, 0.5) is 31.1 Å². The Morgan fingerprint density at radius 3 is 2.20 bits per heavy atom. The zero-order valence-electron chi connectivity index (χ0n) is 26.8. The van der Waals surface area contributed by atoms with Crippen LogP contribution in [-0.4, -0.2) is 73.7 Å². The summed E-state index contributed by atoms with van der Waals surface area (Å²) in [5, 5.41) is 0.696. The van der Waals surface area contributed by atoms with Crippen molar-refractivity contribution >= 4 is 28.5 Å². The standard InChI is InChI=1S/C35H33F6N5O3/c1-33(2,3)49-32(48)46-17-23(29-6-4-5-7-30(29)46)12-28-18-44-16-21(24-14-42-20-43-15-24)8-9-27(44)19-45(28)31(47)22-10-25(34(36,37)38)13-26(11-22)35(39,40)41/h4-8,10-11,13-15,17,20,27-28H,9,12,16,18-19H2,1-3H3. The zero-order valence-corrected chi connectivity index (χ0v) is 26.8. The average molecular weight is 686 g/mol. The molecule has 2 aliphatic rings. The maximum Gasteiger partial charge on any atom is 0.419 e. The lowest BCUT2D eigenvalue weighted by Gasteiger charge is -2.48. The van der Waals surface area contributed by atoms with Crippen molar-refractivity contribution in [3.8, 4) is 0 Å². The quantitative estimate of drug-likeness (QED) is 0.208. The minimum absolute atomic E-state index is 0.0124. The number of amides is 1. The number of carbonyl (C=O) groups excluding carboxylic acids is 2. The highest BCUT2D eigenvalue weighted by atomic mass is 19.4. The maximum absolute atomic E-state index is 14.1. The average Bonchev–Trinajstić information content (AvgIpc) is 3.41. The molecule has 49 heavy (non-hydrogen) atoms. The van der Waals surface area contributed by atoms with E-state index in [1.54, 1.807) is 57.6 Å². The summed E-state index contributed by atoms with van der Waals surface area (Å²) in [7, 11) is 0. The molecule has 2 unspecified atom stereocenters. The van der Waals surface area contributed by atoms with Crippen molar-refractivity contribution in [3.63, 3.8) is 0 Å². The lowest BCUT2D eigenvalue weighted by atomic mass is 9.92. The molecule has 0 N–H and O–H groups in total. The fourth-order valence-electron chi connectivity index (χ4n) is 6.46. The Morgan fingerprint density at radius 2 is 1.57 bits per heavy atom. The molecule has 0 aliphatic carbocycles. The van der Waals surface area contributed by atoms with Crippen molar-refractivity contribution < 1.29 is 40.7 Å². The molecule has 0 spiro atoms. The first-order chi connectivity index (χ1) is 23.0. The van der Waals surface area contributed by atoms with Crippen LogP contribution in [0.15, 0.2) is 73.5 Å². The number of carbonyl (C=O) groups is 2. The number of para-hydroxylation sites is 1. The van der Waals surface area contributed by atoms with E-state index in [0.29, 0.717) is 41.6 Å². The number of ether oxygens (including phenoxy) is 1. The molecule has 1 saturated heterocycles. The Hall–Kier alpha value is -4.72. The molecule has 0 bridgehead atoms. The molecular formula is C35H33F6N5O3. The van der Waals surface area contributed by atoms with Crippen molar-refractivity contribution in [1.82, 2.24) is 24.3 Å². The first-order valence-electron chi connectivity index (χ1n) is 15.6. The summed E-state index contributed by atoms with van der Waals surface area (Å²) in [5.41, 5.74) is -1.61. The minimum Gasteiger partial charge on any atom is -0.443 e. The Bertz CT molecular complexity index is 1880. The monoisotopic (exact) mass is 685 g/mol. The van der Waals surface area contributed by atoms with E-state index in [0.717, 1.165) is 11.1 Å². The van der Waals surface area contributed by atoms with E-state index in [4.69, 9.17) is 4.74 Å². The first-order valence-corrected chi connectivity index (χ1v) is 15.6. The number of benzene rings is 2. The molecule has 6 rings (SSSR count). The highest BCUT2D eigenvalue weighted by molar-refractivity contribution is 5.95. The van der Waals surface area contributed by atoms with Gasteiger partial charge in [0, 0.05) is 66.8 Å². The fraction of sp³-hybridized carbons (Fsp3) is 0.371. The zero-order chi connectivity index (χ0) is 35.3. The number of rotatable bonds is 4. The number of hydrogen-bond donors (Lipinski definition) is 0. The van der Waals surface area contributed by atoms with Gasteiger partial charge in [-0.25, -0.2) is 14.8 Å². The molecule has 1 amide bonds. The summed E-state index contributed by atoms with van der Waals surface area (Å²) in [6.07, 6.45) is -1.80. The van der Waals surface area contributed by atoms with E-state index in [2.05, 4.69) is 14.9 Å². The van der Waals surface area contributed by atoms with E-state index in [1.165, 1.54) is 15.8 Å². The van der Waals surface area contributed by atoms with Gasteiger partial charge in [0.2, 0.25) is 0 Å². The Kier molecular flexibility index (Phi) is 8.80. The van der Waals surface area contributed by atoms with Crippen molar-refractivity contribution in [2.75, 3.05) is 19.6 Å². The molecule has 258 valence electrons. The van der Waals surface area contributed by atoms with E-state index in [1.807, 2.05) is 12.1 Å². The number of halogens is 6. The maximum atomic E-state index is 14.1. The van der Waals surface area contributed by atoms with Crippen molar-refractivity contribution in [2.24, 2.45) is 0 Å². The number of fused-ring (bicyclic) bond motifs is 2. The van der Waals surface area contributed by atoms with Crippen molar-refractivity contribution in [3.05, 3.63) is 101 Å². The normalized spacial score (nSPS) is 19.0. The summed E-state index contributed by atoms with van der Waals surface area (Å²) in [6, 6.07) is 7.13. The topological polar surface area (TPSA) is 80.6 Å². The van der Waals surface area contributed by atoms with Gasteiger partial charge in [0.25, 0.3) is 5.91 Å². The SMILES string of the molecule is CC(C)(C)OC(=O)n1cc(CC2CN3CC(c4cncnc4)=CCC3CN2C(=O)c2cc(C(F)(F)F)cc(C(F)(F)F)c2)c2ccccc21. The van der Waals surface area contributed by atoms with Crippen LogP contribution in [0.25, 0.3) is 16.5 Å². The van der Waals surface area contributed by atoms with E-state index < -0.39 is 52.7 Å². The van der Waals surface area contributed by atoms with Crippen LogP contribution in [0.5, 0.6) is 0 Å². The summed E-state index contributed by atoms with van der Waals surface area (Å²) < 4.78 is 89.6. The summed E-state index contributed by atoms with van der Waals surface area (Å²) in [5.74, 6) is -0.941. The van der Waals surface area contributed by atoms with Gasteiger partial charge in [-0.15, -0.1) is 0 Å². The molecule has 8 nitrogen and oxygen atoms in total. The van der Waals surface area contributed by atoms with Crippen LogP contribution in [0.1, 0.15) is 59.8 Å². The predicted octanol–water partition coefficient (Wildman–Crippen LogP) is 7.48. The summed E-state index contributed by atoms with van der Waals surface area (Å²) in [6.45, 7) is 6.00. The highest BCUT2D eigenvalue weighted by Crippen LogP contribution is 2.38. The summed E-state index contributed by atoms with van der Waals surface area (Å²) in [4.78, 5) is 39.0. The molecule has 2 aromatic heterocycles. The van der Waals surface area contributed by atoms with Crippen LogP contribution in [0.2, 0.25) is 0 Å². The summed E-state index contributed by atoms with van der Waals surface area (Å²) >= 11 is 0. The van der Waals surface area contributed by atoms with Gasteiger partial charge in [-0.3, -0.25) is 14.3 Å². The van der Waals surface area contributed by atoms with Crippen molar-refractivity contribution in [2.45, 2.75) is 63.7 Å². The molecule has 4 heterocycles. The number of alkyl halides is 6. The second-order valence-corrected chi connectivity index (χ2v) is 13.3. The Labute approximate surface area is 278 Å². The molecule has 14 heteroatoms. The van der Waals surface area contributed by atoms with Gasteiger partial charge in [0.05, 0.1) is 16.6 Å². The third-order valence-electron chi connectivity index (χ3n) is 8.69. The van der Waals surface area contributed by atoms with Crippen LogP contribution in [-0.2, 0) is 23.5 Å². The molecule has 0 radical (unpaired) electrons. The van der Waals surface area contributed by atoms with Crippen LogP contribution < -0.4 is 0 Å². The number of hydrogen-bond acceptors (Lipinski definition) is 6. The lowest BCUT2D eigenvalue weighted by Crippen LogP contribution is -2.61. The van der Waals surface area contributed by atoms with Crippen LogP contribution in [0.3, 0.4) is 0 Å². The lowest BCUT2D eigenvalue weighted by molar-refractivity contribution is -0.143. The minimum atomic E-state index is -5.11. The molecule has 1 fully saturated rings. The smallest absolute Gasteiger partial charge is 0.419 e. The number of aromatic nitrogens is 3. The second kappa shape index (κ2) is 12.6. The first kappa shape index (κ1) is 34.2. The molecule has 4 aromatic rings. The van der Waals surface area contributed by atoms with E-state index in [-0.39, 0.29) is 31.6 Å². The molecule has 2 atom stereocenters. The van der Waals surface area contributed by atoms with Crippen LogP contribution >= 0.6 is 0 Å². The Morgan fingerprint density at radius 1 is 0.918 bits per heavy atom. The highest BCUT2D eigenvalue weighted by Gasteiger charge is 2.41. The van der Waals surface area contributed by atoms with Gasteiger partial charge < -0.3 is 9.64 Å². The van der Waals surface area contributed by atoms with E-state index >= 15 is 0 Å². The van der Waals surface area contributed by atoms with Gasteiger partial charge >= 0.3 is 18.4 Å². The fourth-order valence-corrected chi connectivity index (χ4v) is 6.46. The van der Waals surface area contributed by atoms with Gasteiger partial charge in [0.1, 0.15) is 11.9 Å². The molecule has 2 aromatic carbocycles. The molecule has 0 saturated carbocycles. The largest absolute Gasteiger partial charge is 0.443 e. The van der Waals surface area contributed by atoms with Gasteiger partial charge in [-0.05, 0) is 69.0 Å². The third kappa shape index (κ3) is 7.33. The van der Waals surface area contributed by atoms with Crippen molar-refractivity contribution in [1.29, 1.82) is 0 Å². The third-order valence-corrected chi connectivity index (χ3v) is 8.69. The van der Waals surface area contributed by atoms with Gasteiger partial charge in [0.15, 0.2) is 0 Å². The van der Waals surface area contributed by atoms with Gasteiger partial charge in [-0.2, -0.15) is 26.3 Å². The van der Waals surface area contributed by atoms with Gasteiger partial charge in [-0.1, -0.05) is 24.3 Å².